The van der Waals surface area contributed by atoms with Crippen LogP contribution in [0.4, 0.5) is 28.4 Å². The van der Waals surface area contributed by atoms with Gasteiger partial charge in [-0.2, -0.15) is 0 Å². The first-order valence-electron chi connectivity index (χ1n) is 18.8. The van der Waals surface area contributed by atoms with E-state index in [2.05, 4.69) is 194 Å². The number of benzene rings is 7. The van der Waals surface area contributed by atoms with Gasteiger partial charge in [-0.25, -0.2) is 0 Å². The lowest BCUT2D eigenvalue weighted by molar-refractivity contribution is 0.587. The Morgan fingerprint density at radius 1 is 0.500 bits per heavy atom. The molecular formula is C50H44N2. The Kier molecular flexibility index (Phi) is 7.85. The molecule has 0 amide bonds. The molecule has 0 bridgehead atoms. The second-order valence-corrected chi connectivity index (χ2v) is 14.5. The Bertz CT molecular complexity index is 2500. The lowest BCUT2D eigenvalue weighted by atomic mass is 9.77. The predicted octanol–water partition coefficient (Wildman–Crippen LogP) is 13.9. The summed E-state index contributed by atoms with van der Waals surface area (Å²) in [5, 5.41) is 5.03. The van der Waals surface area contributed by atoms with Crippen LogP contribution in [0, 0.1) is 11.8 Å². The number of hydrogen-bond acceptors (Lipinski definition) is 2. The zero-order chi connectivity index (χ0) is 35.4. The van der Waals surface area contributed by atoms with E-state index in [1.807, 2.05) is 13.8 Å². The maximum absolute atomic E-state index is 2.56. The number of rotatable bonds is 6. The first-order chi connectivity index (χ1) is 25.6. The number of nitrogens with zero attached hydrogens (tertiary/aromatic N) is 2. The maximum Gasteiger partial charge on any atom is 0.0540 e. The van der Waals surface area contributed by atoms with Crippen LogP contribution >= 0.6 is 0 Å². The fourth-order valence-electron chi connectivity index (χ4n) is 9.03. The van der Waals surface area contributed by atoms with E-state index in [4.69, 9.17) is 0 Å². The van der Waals surface area contributed by atoms with Crippen molar-refractivity contribution in [2.75, 3.05) is 9.80 Å². The third-order valence-electron chi connectivity index (χ3n) is 11.3. The van der Waals surface area contributed by atoms with Crippen LogP contribution in [0.5, 0.6) is 0 Å². The molecule has 3 aliphatic rings. The molecule has 0 spiro atoms. The molecule has 7 aromatic carbocycles. The van der Waals surface area contributed by atoms with Gasteiger partial charge in [-0.15, -0.1) is 0 Å². The molecular weight excluding hydrogens is 629 g/mol. The molecule has 0 N–H and O–H groups in total. The summed E-state index contributed by atoms with van der Waals surface area (Å²) in [6.07, 6.45) is 3.75. The summed E-state index contributed by atoms with van der Waals surface area (Å²) in [5.74, 6) is 1.04. The summed E-state index contributed by atoms with van der Waals surface area (Å²) >= 11 is 0. The summed E-state index contributed by atoms with van der Waals surface area (Å²) in [5.41, 5.74) is 13.2. The number of anilines is 5. The third kappa shape index (κ3) is 5.08. The van der Waals surface area contributed by atoms with Gasteiger partial charge in [0.1, 0.15) is 0 Å². The smallest absolute Gasteiger partial charge is 0.0540 e. The van der Waals surface area contributed by atoms with Gasteiger partial charge in [-0.05, 0) is 100.0 Å². The first kappa shape index (κ1) is 32.1. The van der Waals surface area contributed by atoms with Crippen molar-refractivity contribution in [3.05, 3.63) is 192 Å². The van der Waals surface area contributed by atoms with Crippen molar-refractivity contribution >= 4 is 55.6 Å². The van der Waals surface area contributed by atoms with Gasteiger partial charge < -0.3 is 9.80 Å². The molecule has 7 aromatic rings. The van der Waals surface area contributed by atoms with Gasteiger partial charge in [0.05, 0.1) is 11.4 Å². The molecule has 254 valence electrons. The number of hydrogen-bond donors (Lipinski definition) is 0. The van der Waals surface area contributed by atoms with Gasteiger partial charge in [-0.3, -0.25) is 0 Å². The van der Waals surface area contributed by atoms with E-state index in [0.29, 0.717) is 11.8 Å². The molecule has 0 radical (unpaired) electrons. The van der Waals surface area contributed by atoms with Crippen LogP contribution in [0.1, 0.15) is 45.2 Å². The molecule has 2 atom stereocenters. The van der Waals surface area contributed by atoms with Crippen LogP contribution in [-0.2, 0) is 5.41 Å². The lowest BCUT2D eigenvalue weighted by Gasteiger charge is -2.33. The Labute approximate surface area is 308 Å². The van der Waals surface area contributed by atoms with Gasteiger partial charge in [0.2, 0.25) is 0 Å². The van der Waals surface area contributed by atoms with E-state index in [-0.39, 0.29) is 5.41 Å². The molecule has 2 heteroatoms. The zero-order valence-corrected chi connectivity index (χ0v) is 30.4. The van der Waals surface area contributed by atoms with Crippen molar-refractivity contribution in [3.8, 4) is 0 Å². The predicted molar refractivity (Wildman–Crippen MR) is 222 cm³/mol. The summed E-state index contributed by atoms with van der Waals surface area (Å²) in [7, 11) is 0. The van der Waals surface area contributed by atoms with E-state index in [1.54, 1.807) is 5.57 Å². The van der Waals surface area contributed by atoms with Crippen molar-refractivity contribution in [2.24, 2.45) is 11.8 Å². The van der Waals surface area contributed by atoms with Crippen LogP contribution < -0.4 is 9.80 Å². The second kappa shape index (κ2) is 12.7. The van der Waals surface area contributed by atoms with E-state index >= 15 is 0 Å². The van der Waals surface area contributed by atoms with Crippen molar-refractivity contribution in [1.29, 1.82) is 0 Å². The molecule has 0 saturated heterocycles. The summed E-state index contributed by atoms with van der Waals surface area (Å²) in [6.45, 7) is 8.89. The summed E-state index contributed by atoms with van der Waals surface area (Å²) < 4.78 is 0. The molecule has 2 unspecified atom stereocenters. The Balaban J connectivity index is 0.00000177. The molecule has 0 aliphatic heterocycles. The summed E-state index contributed by atoms with van der Waals surface area (Å²) in [6, 6.07) is 59.9. The molecule has 1 fully saturated rings. The third-order valence-corrected chi connectivity index (χ3v) is 11.3. The topological polar surface area (TPSA) is 6.48 Å². The highest BCUT2D eigenvalue weighted by atomic mass is 15.2. The van der Waals surface area contributed by atoms with E-state index in [0.717, 1.165) is 5.69 Å². The van der Waals surface area contributed by atoms with E-state index in [9.17, 15) is 0 Å². The highest BCUT2D eigenvalue weighted by Crippen LogP contribution is 2.65. The van der Waals surface area contributed by atoms with E-state index < -0.39 is 0 Å². The highest BCUT2D eigenvalue weighted by molar-refractivity contribution is 6.01. The molecule has 10 rings (SSSR count). The normalized spacial score (nSPS) is 17.7. The van der Waals surface area contributed by atoms with Crippen molar-refractivity contribution in [1.82, 2.24) is 0 Å². The molecule has 3 aliphatic carbocycles. The highest BCUT2D eigenvalue weighted by Gasteiger charge is 2.54. The largest absolute Gasteiger partial charge is 0.313 e. The average Bonchev–Trinajstić information content (AvgIpc) is 3.97. The minimum atomic E-state index is -0.0291. The average molecular weight is 673 g/mol. The summed E-state index contributed by atoms with van der Waals surface area (Å²) in [4.78, 5) is 4.99. The SMILES string of the molecule is CC.CC1(C)C2=C(C=C(N(c3ccccc3)c3cccc4ccccc34)C3CC23)c2cc(N(c3ccccc3)c3cccc4ccccc34)ccc21. The monoisotopic (exact) mass is 672 g/mol. The number of para-hydroxylation sites is 2. The van der Waals surface area contributed by atoms with Crippen LogP contribution in [0.25, 0.3) is 27.1 Å². The second-order valence-electron chi connectivity index (χ2n) is 14.5. The molecule has 52 heavy (non-hydrogen) atoms. The Morgan fingerprint density at radius 3 is 1.63 bits per heavy atom. The molecule has 0 aromatic heterocycles. The van der Waals surface area contributed by atoms with Crippen molar-refractivity contribution in [2.45, 2.75) is 39.5 Å². The number of fused-ring (bicyclic) bond motifs is 6. The zero-order valence-electron chi connectivity index (χ0n) is 30.4. The van der Waals surface area contributed by atoms with Gasteiger partial charge >= 0.3 is 0 Å². The maximum atomic E-state index is 2.56. The van der Waals surface area contributed by atoms with E-state index in [1.165, 1.54) is 73.1 Å². The standard InChI is InChI=1S/C48H38N2.C2H6/c1-48(2)43-28-27-36(49(34-19-5-3-6-20-34)44-25-13-17-32-15-9-11-23-37(32)44)29-39(43)42-31-46(40-30-41(40)47(42)48)50(35-21-7-4-8-22-35)45-26-14-18-33-16-10-12-24-38(33)45;1-2/h3-29,31,40-41H,30H2,1-2H3;1-2H3. The van der Waals surface area contributed by atoms with Crippen molar-refractivity contribution in [3.63, 3.8) is 0 Å². The lowest BCUT2D eigenvalue weighted by Crippen LogP contribution is -2.24. The quantitative estimate of drug-likeness (QED) is 0.173. The van der Waals surface area contributed by atoms with Gasteiger partial charge in [0.15, 0.2) is 0 Å². The van der Waals surface area contributed by atoms with Crippen LogP contribution in [0.15, 0.2) is 181 Å². The van der Waals surface area contributed by atoms with Crippen LogP contribution in [-0.4, -0.2) is 0 Å². The molecule has 1 saturated carbocycles. The van der Waals surface area contributed by atoms with Gasteiger partial charge in [-0.1, -0.05) is 143 Å². The Morgan fingerprint density at radius 2 is 1.02 bits per heavy atom. The minimum absolute atomic E-state index is 0.0291. The minimum Gasteiger partial charge on any atom is -0.313 e. The Hall–Kier alpha value is -5.86. The van der Waals surface area contributed by atoms with Crippen molar-refractivity contribution < 1.29 is 0 Å². The fourth-order valence-corrected chi connectivity index (χ4v) is 9.03. The molecule has 0 heterocycles. The number of allylic oxidation sites excluding steroid dienone is 4. The van der Waals surface area contributed by atoms with Gasteiger partial charge in [0.25, 0.3) is 0 Å². The molecule has 2 nitrogen and oxygen atoms in total. The first-order valence-corrected chi connectivity index (χ1v) is 18.8. The fraction of sp³-hybridized carbons (Fsp3) is 0.160. The van der Waals surface area contributed by atoms with Crippen LogP contribution in [0.3, 0.4) is 0 Å². The van der Waals surface area contributed by atoms with Crippen LogP contribution in [0.2, 0.25) is 0 Å². The van der Waals surface area contributed by atoms with Gasteiger partial charge in [0, 0.05) is 44.9 Å².